The number of hydrogen-bond acceptors (Lipinski definition) is 10. The number of aromatic nitrogens is 3. The van der Waals surface area contributed by atoms with Crippen molar-refractivity contribution in [2.24, 2.45) is 0 Å². The minimum atomic E-state index is -0.103. The van der Waals surface area contributed by atoms with Gasteiger partial charge in [0.15, 0.2) is 0 Å². The van der Waals surface area contributed by atoms with Crippen molar-refractivity contribution in [3.63, 3.8) is 0 Å². The number of anilines is 3. The largest absolute Gasteiger partial charge is 0.378 e. The summed E-state index contributed by atoms with van der Waals surface area (Å²) in [5.74, 6) is 1.62. The van der Waals surface area contributed by atoms with Crippen molar-refractivity contribution in [1.29, 1.82) is 0 Å². The van der Waals surface area contributed by atoms with Crippen LogP contribution in [-0.2, 0) is 14.2 Å². The standard InChI is InChI=1S/C24H37N7O4/c1-3-19(2)27-23-28-22(29-24(30-23)31-11-15-35-16-12-31)26-10-14-34-18-17-33-13-9-25-21(32)20-7-5-4-6-8-20/h4-8,19H,3,9-18H2,1-2H3,(H,25,32)(H2,26,27,28,29,30). The second kappa shape index (κ2) is 15.1. The number of morpholine rings is 1. The number of ether oxygens (including phenoxy) is 3. The van der Waals surface area contributed by atoms with Crippen LogP contribution in [0.3, 0.4) is 0 Å². The van der Waals surface area contributed by atoms with E-state index in [1.54, 1.807) is 12.1 Å². The summed E-state index contributed by atoms with van der Waals surface area (Å²) < 4.78 is 16.6. The van der Waals surface area contributed by atoms with Crippen LogP contribution in [-0.4, -0.2) is 92.7 Å². The van der Waals surface area contributed by atoms with Gasteiger partial charge in [-0.1, -0.05) is 25.1 Å². The lowest BCUT2D eigenvalue weighted by Gasteiger charge is -2.27. The molecule has 1 aromatic carbocycles. The average molecular weight is 488 g/mol. The molecule has 0 saturated carbocycles. The molecule has 2 heterocycles. The summed E-state index contributed by atoms with van der Waals surface area (Å²) in [4.78, 5) is 27.7. The van der Waals surface area contributed by atoms with E-state index in [0.29, 0.717) is 76.1 Å². The van der Waals surface area contributed by atoms with Gasteiger partial charge in [0.25, 0.3) is 5.91 Å². The van der Waals surface area contributed by atoms with Crippen LogP contribution in [0.2, 0.25) is 0 Å². The predicted molar refractivity (Wildman–Crippen MR) is 135 cm³/mol. The Kier molecular flexibility index (Phi) is 11.4. The van der Waals surface area contributed by atoms with Crippen LogP contribution in [0.15, 0.2) is 30.3 Å². The van der Waals surface area contributed by atoms with Gasteiger partial charge in [0.05, 0.1) is 39.6 Å². The number of carbonyl (C=O) groups excluding carboxylic acids is 1. The van der Waals surface area contributed by atoms with E-state index < -0.39 is 0 Å². The van der Waals surface area contributed by atoms with Crippen LogP contribution in [0.25, 0.3) is 0 Å². The van der Waals surface area contributed by atoms with Crippen LogP contribution in [0, 0.1) is 0 Å². The van der Waals surface area contributed by atoms with Gasteiger partial charge in [-0.25, -0.2) is 0 Å². The number of nitrogens with zero attached hydrogens (tertiary/aromatic N) is 4. The molecule has 1 aliphatic rings. The lowest BCUT2D eigenvalue weighted by Crippen LogP contribution is -2.37. The molecule has 0 spiro atoms. The highest BCUT2D eigenvalue weighted by atomic mass is 16.5. The summed E-state index contributed by atoms with van der Waals surface area (Å²) in [6.07, 6.45) is 0.969. The van der Waals surface area contributed by atoms with Gasteiger partial charge in [0.2, 0.25) is 17.8 Å². The molecule has 0 radical (unpaired) electrons. The molecular weight excluding hydrogens is 450 g/mol. The van der Waals surface area contributed by atoms with E-state index >= 15 is 0 Å². The van der Waals surface area contributed by atoms with Crippen molar-refractivity contribution >= 4 is 23.8 Å². The number of carbonyl (C=O) groups is 1. The van der Waals surface area contributed by atoms with Crippen molar-refractivity contribution in [3.05, 3.63) is 35.9 Å². The highest BCUT2D eigenvalue weighted by Crippen LogP contribution is 2.16. The molecule has 35 heavy (non-hydrogen) atoms. The Morgan fingerprint density at radius 2 is 1.69 bits per heavy atom. The van der Waals surface area contributed by atoms with E-state index in [1.165, 1.54) is 0 Å². The highest BCUT2D eigenvalue weighted by molar-refractivity contribution is 5.94. The maximum atomic E-state index is 11.9. The Hall–Kier alpha value is -3.02. The first kappa shape index (κ1) is 26.6. The maximum Gasteiger partial charge on any atom is 0.251 e. The number of benzene rings is 1. The van der Waals surface area contributed by atoms with E-state index in [9.17, 15) is 4.79 Å². The fourth-order valence-corrected chi connectivity index (χ4v) is 3.22. The molecule has 1 unspecified atom stereocenters. The minimum Gasteiger partial charge on any atom is -0.378 e. The Bertz CT molecular complexity index is 881. The maximum absolute atomic E-state index is 11.9. The van der Waals surface area contributed by atoms with Gasteiger partial charge in [0, 0.05) is 37.8 Å². The average Bonchev–Trinajstić information content (AvgIpc) is 2.90. The molecule has 1 fully saturated rings. The third-order valence-electron chi connectivity index (χ3n) is 5.37. The molecule has 1 aliphatic heterocycles. The van der Waals surface area contributed by atoms with Gasteiger partial charge >= 0.3 is 0 Å². The molecule has 0 bridgehead atoms. The smallest absolute Gasteiger partial charge is 0.251 e. The van der Waals surface area contributed by atoms with E-state index in [-0.39, 0.29) is 11.9 Å². The van der Waals surface area contributed by atoms with Gasteiger partial charge in [-0.15, -0.1) is 0 Å². The van der Waals surface area contributed by atoms with Crippen LogP contribution in [0.4, 0.5) is 17.8 Å². The van der Waals surface area contributed by atoms with E-state index in [4.69, 9.17) is 14.2 Å². The quantitative estimate of drug-likeness (QED) is 0.320. The normalized spacial score (nSPS) is 14.4. The van der Waals surface area contributed by atoms with E-state index in [0.717, 1.165) is 19.5 Å². The monoisotopic (exact) mass is 487 g/mol. The van der Waals surface area contributed by atoms with Crippen molar-refractivity contribution in [2.45, 2.75) is 26.3 Å². The molecule has 1 amide bonds. The Morgan fingerprint density at radius 1 is 1.00 bits per heavy atom. The Morgan fingerprint density at radius 3 is 2.40 bits per heavy atom. The molecule has 11 nitrogen and oxygen atoms in total. The summed E-state index contributed by atoms with van der Waals surface area (Å²) >= 11 is 0. The zero-order valence-electron chi connectivity index (χ0n) is 20.7. The van der Waals surface area contributed by atoms with Gasteiger partial charge < -0.3 is 35.1 Å². The number of rotatable bonds is 15. The SMILES string of the molecule is CCC(C)Nc1nc(NCCOCCOCCNC(=O)c2ccccc2)nc(N2CCOCC2)n1. The van der Waals surface area contributed by atoms with Gasteiger partial charge in [0.1, 0.15) is 0 Å². The fraction of sp³-hybridized carbons (Fsp3) is 0.583. The lowest BCUT2D eigenvalue weighted by atomic mass is 10.2. The summed E-state index contributed by atoms with van der Waals surface area (Å²) in [5.41, 5.74) is 0.640. The van der Waals surface area contributed by atoms with Crippen molar-refractivity contribution < 1.29 is 19.0 Å². The first-order chi connectivity index (χ1) is 17.2. The topological polar surface area (TPSA) is 123 Å². The molecular formula is C24H37N7O4. The van der Waals surface area contributed by atoms with E-state index in [1.807, 2.05) is 18.2 Å². The minimum absolute atomic E-state index is 0.103. The number of amides is 1. The molecule has 2 aromatic rings. The predicted octanol–water partition coefficient (Wildman–Crippen LogP) is 1.79. The summed E-state index contributed by atoms with van der Waals surface area (Å²) in [7, 11) is 0. The Balaban J connectivity index is 1.32. The summed E-state index contributed by atoms with van der Waals surface area (Å²) in [6, 6.07) is 9.38. The van der Waals surface area contributed by atoms with E-state index in [2.05, 4.69) is 49.6 Å². The third-order valence-corrected chi connectivity index (χ3v) is 5.37. The zero-order valence-corrected chi connectivity index (χ0v) is 20.7. The first-order valence-corrected chi connectivity index (χ1v) is 12.2. The molecule has 1 aromatic heterocycles. The lowest BCUT2D eigenvalue weighted by molar-refractivity contribution is 0.0519. The zero-order chi connectivity index (χ0) is 24.7. The van der Waals surface area contributed by atoms with Gasteiger partial charge in [-0.05, 0) is 25.5 Å². The van der Waals surface area contributed by atoms with Crippen molar-refractivity contribution in [3.8, 4) is 0 Å². The molecule has 192 valence electrons. The second-order valence-electron chi connectivity index (χ2n) is 8.11. The number of nitrogens with one attached hydrogen (secondary N) is 3. The molecule has 1 saturated heterocycles. The molecule has 3 rings (SSSR count). The van der Waals surface area contributed by atoms with Gasteiger partial charge in [-0.2, -0.15) is 15.0 Å². The van der Waals surface area contributed by atoms with Crippen molar-refractivity contribution in [2.75, 3.05) is 81.4 Å². The van der Waals surface area contributed by atoms with Crippen LogP contribution >= 0.6 is 0 Å². The second-order valence-corrected chi connectivity index (χ2v) is 8.11. The van der Waals surface area contributed by atoms with Crippen molar-refractivity contribution in [1.82, 2.24) is 20.3 Å². The van der Waals surface area contributed by atoms with Crippen LogP contribution in [0.5, 0.6) is 0 Å². The summed E-state index contributed by atoms with van der Waals surface area (Å²) in [5, 5.41) is 9.38. The fourth-order valence-electron chi connectivity index (χ4n) is 3.22. The summed E-state index contributed by atoms with van der Waals surface area (Å²) in [6.45, 7) is 9.90. The molecule has 11 heteroatoms. The van der Waals surface area contributed by atoms with Crippen LogP contribution in [0.1, 0.15) is 30.6 Å². The number of hydrogen-bond donors (Lipinski definition) is 3. The third kappa shape index (κ3) is 9.63. The molecule has 3 N–H and O–H groups in total. The van der Waals surface area contributed by atoms with Gasteiger partial charge in [-0.3, -0.25) is 4.79 Å². The first-order valence-electron chi connectivity index (χ1n) is 12.2. The molecule has 1 atom stereocenters. The highest BCUT2D eigenvalue weighted by Gasteiger charge is 2.17. The van der Waals surface area contributed by atoms with Crippen LogP contribution < -0.4 is 20.9 Å². The Labute approximate surface area is 207 Å². The molecule has 0 aliphatic carbocycles.